The first-order valence-electron chi connectivity index (χ1n) is 10.2. The molecule has 1 aliphatic heterocycles. The van der Waals surface area contributed by atoms with Gasteiger partial charge in [-0.05, 0) is 67.6 Å². The molecule has 1 N–H and O–H groups in total. The van der Waals surface area contributed by atoms with E-state index >= 15 is 0 Å². The van der Waals surface area contributed by atoms with Gasteiger partial charge in [0.2, 0.25) is 5.91 Å². The molecule has 5 aliphatic rings. The lowest BCUT2D eigenvalue weighted by Crippen LogP contribution is -2.64. The predicted octanol–water partition coefficient (Wildman–Crippen LogP) is 2.88. The number of carbonyl (C=O) groups excluding carboxylic acids is 1. The van der Waals surface area contributed by atoms with Crippen LogP contribution >= 0.6 is 0 Å². The first-order chi connectivity index (χ1) is 12.9. The van der Waals surface area contributed by atoms with Crippen molar-refractivity contribution in [2.24, 2.45) is 17.8 Å². The Labute approximate surface area is 159 Å². The van der Waals surface area contributed by atoms with Crippen LogP contribution in [-0.4, -0.2) is 47.8 Å². The summed E-state index contributed by atoms with van der Waals surface area (Å²) >= 11 is 0. The molecule has 1 aromatic carbocycles. The topological polar surface area (TPSA) is 49.8 Å². The molecule has 0 aromatic heterocycles. The van der Waals surface area contributed by atoms with Crippen LogP contribution in [0.25, 0.3) is 0 Å². The van der Waals surface area contributed by atoms with Gasteiger partial charge in [0.15, 0.2) is 0 Å². The average Bonchev–Trinajstić information content (AvgIpc) is 2.62. The highest BCUT2D eigenvalue weighted by atomic mass is 19.1. The maximum Gasteiger partial charge on any atom is 0.223 e. The lowest BCUT2D eigenvalue weighted by Gasteiger charge is -2.65. The zero-order valence-corrected chi connectivity index (χ0v) is 15.9. The van der Waals surface area contributed by atoms with E-state index in [0.717, 1.165) is 37.7 Å². The van der Waals surface area contributed by atoms with Crippen molar-refractivity contribution in [3.63, 3.8) is 0 Å². The van der Waals surface area contributed by atoms with Gasteiger partial charge in [-0.15, -0.1) is 0 Å². The smallest absolute Gasteiger partial charge is 0.223 e. The fourth-order valence-corrected chi connectivity index (χ4v) is 6.92. The molecule has 5 heteroatoms. The number of hydrogen-bond acceptors (Lipinski definition) is 3. The molecule has 4 saturated carbocycles. The van der Waals surface area contributed by atoms with Crippen molar-refractivity contribution in [1.29, 1.82) is 0 Å². The van der Waals surface area contributed by atoms with Crippen LogP contribution in [0.1, 0.15) is 44.1 Å². The minimum absolute atomic E-state index is 0.0317. The molecule has 6 rings (SSSR count). The third-order valence-corrected chi connectivity index (χ3v) is 8.06. The molecular formula is C22H28FNO3. The molecule has 0 spiro atoms. The van der Waals surface area contributed by atoms with Crippen LogP contribution in [0.3, 0.4) is 0 Å². The van der Waals surface area contributed by atoms with Gasteiger partial charge < -0.3 is 14.7 Å². The largest absolute Gasteiger partial charge is 0.389 e. The Morgan fingerprint density at radius 3 is 2.37 bits per heavy atom. The van der Waals surface area contributed by atoms with Gasteiger partial charge >= 0.3 is 0 Å². The second kappa shape index (κ2) is 6.02. The van der Waals surface area contributed by atoms with Crippen molar-refractivity contribution < 1.29 is 19.0 Å². The summed E-state index contributed by atoms with van der Waals surface area (Å²) in [5, 5.41) is 9.60. The summed E-state index contributed by atoms with van der Waals surface area (Å²) in [4.78, 5) is 14.8. The van der Waals surface area contributed by atoms with Crippen molar-refractivity contribution in [1.82, 2.24) is 4.90 Å². The number of ether oxygens (including phenoxy) is 1. The fraction of sp³-hybridized carbons (Fsp3) is 0.682. The number of likely N-dealkylation sites (tertiary alicyclic amines) is 1. The van der Waals surface area contributed by atoms with E-state index in [1.165, 1.54) is 12.1 Å². The van der Waals surface area contributed by atoms with Crippen molar-refractivity contribution in [3.05, 3.63) is 35.6 Å². The summed E-state index contributed by atoms with van der Waals surface area (Å²) in [5.74, 6) is 1.36. The summed E-state index contributed by atoms with van der Waals surface area (Å²) in [6.45, 7) is 0.886. The summed E-state index contributed by atoms with van der Waals surface area (Å²) in [6.07, 6.45) is 5.47. The number of halogens is 1. The summed E-state index contributed by atoms with van der Waals surface area (Å²) in [5.41, 5.74) is 0.846. The molecule has 4 aliphatic carbocycles. The van der Waals surface area contributed by atoms with Crippen LogP contribution in [0.5, 0.6) is 0 Å². The van der Waals surface area contributed by atoms with E-state index in [1.54, 1.807) is 4.90 Å². The predicted molar refractivity (Wildman–Crippen MR) is 98.6 cm³/mol. The maximum absolute atomic E-state index is 13.6. The molecule has 4 bridgehead atoms. The first-order valence-corrected chi connectivity index (χ1v) is 10.2. The zero-order valence-electron chi connectivity index (χ0n) is 15.9. The summed E-state index contributed by atoms with van der Waals surface area (Å²) in [7, 11) is 1.83. The van der Waals surface area contributed by atoms with Gasteiger partial charge in [-0.2, -0.15) is 0 Å². The number of aliphatic hydroxyl groups excluding tert-OH is 1. The molecule has 1 saturated heterocycles. The molecule has 1 heterocycles. The second-order valence-electron chi connectivity index (χ2n) is 9.41. The van der Waals surface area contributed by atoms with E-state index in [9.17, 15) is 14.3 Å². The van der Waals surface area contributed by atoms with Gasteiger partial charge in [-0.3, -0.25) is 4.79 Å². The number of β-amino-alcohol motifs (C(OH)–C–C–N with tert-alkyl or cyclic N) is 1. The number of rotatable bonds is 4. The quantitative estimate of drug-likeness (QED) is 0.883. The van der Waals surface area contributed by atoms with Crippen LogP contribution in [-0.2, 0) is 14.9 Å². The lowest BCUT2D eigenvalue weighted by atomic mass is 9.41. The van der Waals surface area contributed by atoms with Crippen LogP contribution in [0.4, 0.5) is 4.39 Å². The number of methoxy groups -OCH3 is 1. The zero-order chi connectivity index (χ0) is 18.8. The Morgan fingerprint density at radius 2 is 1.81 bits per heavy atom. The molecule has 0 radical (unpaired) electrons. The van der Waals surface area contributed by atoms with E-state index in [2.05, 4.69) is 0 Å². The second-order valence-corrected chi connectivity index (χ2v) is 9.41. The molecular weight excluding hydrogens is 345 g/mol. The van der Waals surface area contributed by atoms with Gasteiger partial charge in [0.05, 0.1) is 11.7 Å². The van der Waals surface area contributed by atoms with Crippen molar-refractivity contribution in [2.75, 3.05) is 20.2 Å². The highest BCUT2D eigenvalue weighted by Gasteiger charge is 2.63. The standard InChI is InChI=1S/C22H28FNO3/c1-27-21-8-14-6-16(9-21)22(17(7-14)10-21,15-2-4-18(23)5-3-15)11-20(26)24-12-19(25)13-24/h2-5,14,16-17,19,25H,6-13H2,1H3/t14?,16?,17?,21-,22-. The van der Waals surface area contributed by atoms with Crippen molar-refractivity contribution >= 4 is 5.91 Å². The Bertz CT molecular complexity index is 726. The monoisotopic (exact) mass is 373 g/mol. The van der Waals surface area contributed by atoms with Gasteiger partial charge in [0.25, 0.3) is 0 Å². The van der Waals surface area contributed by atoms with E-state index in [-0.39, 0.29) is 28.8 Å². The Balaban J connectivity index is 1.53. The highest BCUT2D eigenvalue weighted by molar-refractivity contribution is 5.79. The van der Waals surface area contributed by atoms with Crippen molar-refractivity contribution in [3.8, 4) is 0 Å². The molecule has 146 valence electrons. The lowest BCUT2D eigenvalue weighted by molar-refractivity contribution is -0.186. The number of carbonyl (C=O) groups is 1. The molecule has 1 aromatic rings. The number of nitrogens with zero attached hydrogens (tertiary/aromatic N) is 1. The third kappa shape index (κ3) is 2.58. The molecule has 27 heavy (non-hydrogen) atoms. The maximum atomic E-state index is 13.6. The number of hydrogen-bond donors (Lipinski definition) is 1. The van der Waals surface area contributed by atoms with Crippen molar-refractivity contribution in [2.45, 2.75) is 55.6 Å². The van der Waals surface area contributed by atoms with E-state index < -0.39 is 0 Å². The Kier molecular flexibility index (Phi) is 3.93. The fourth-order valence-electron chi connectivity index (χ4n) is 6.92. The molecule has 2 atom stereocenters. The summed E-state index contributed by atoms with van der Waals surface area (Å²) in [6, 6.07) is 6.86. The number of aliphatic hydroxyl groups is 1. The molecule has 2 unspecified atom stereocenters. The minimum atomic E-state index is -0.383. The van der Waals surface area contributed by atoms with Gasteiger partial charge in [0, 0.05) is 32.0 Å². The van der Waals surface area contributed by atoms with Crippen LogP contribution in [0.2, 0.25) is 0 Å². The first kappa shape index (κ1) is 17.6. The van der Waals surface area contributed by atoms with Crippen LogP contribution in [0.15, 0.2) is 24.3 Å². The highest BCUT2D eigenvalue weighted by Crippen LogP contribution is 2.66. The number of amides is 1. The van der Waals surface area contributed by atoms with Gasteiger partial charge in [-0.25, -0.2) is 4.39 Å². The van der Waals surface area contributed by atoms with E-state index in [1.807, 2.05) is 19.2 Å². The Morgan fingerprint density at radius 1 is 1.19 bits per heavy atom. The summed E-state index contributed by atoms with van der Waals surface area (Å²) < 4.78 is 19.6. The van der Waals surface area contributed by atoms with E-state index in [4.69, 9.17) is 4.74 Å². The SMILES string of the molecule is CO[C@]12CC3CC(C1)[C@@](CC(=O)N1CC(O)C1)(c1ccc(F)cc1)C(C3)C2. The molecule has 1 amide bonds. The minimum Gasteiger partial charge on any atom is -0.389 e. The van der Waals surface area contributed by atoms with Gasteiger partial charge in [-0.1, -0.05) is 12.1 Å². The molecule has 5 fully saturated rings. The number of benzene rings is 1. The van der Waals surface area contributed by atoms with E-state index in [0.29, 0.717) is 37.3 Å². The van der Waals surface area contributed by atoms with Gasteiger partial charge in [0.1, 0.15) is 5.82 Å². The average molecular weight is 373 g/mol. The molecule has 4 nitrogen and oxygen atoms in total. The third-order valence-electron chi connectivity index (χ3n) is 8.06. The Hall–Kier alpha value is -1.46. The van der Waals surface area contributed by atoms with Crippen LogP contribution in [0, 0.1) is 23.6 Å². The van der Waals surface area contributed by atoms with Crippen LogP contribution < -0.4 is 0 Å². The normalized spacial score (nSPS) is 40.3.